The molecular weight excluding hydrogens is 233 g/mol. The van der Waals surface area contributed by atoms with Gasteiger partial charge >= 0.3 is 0 Å². The Bertz CT molecular complexity index is 599. The van der Waals surface area contributed by atoms with Gasteiger partial charge in [-0.05, 0) is 30.7 Å². The molecule has 0 aliphatic rings. The Kier molecular flexibility index (Phi) is 3.23. The number of rotatable bonds is 2. The Morgan fingerprint density at radius 3 is 2.83 bits per heavy atom. The fraction of sp³-hybridized carbons (Fsp3) is 0.0769. The Morgan fingerprint density at radius 2 is 2.11 bits per heavy atom. The van der Waals surface area contributed by atoms with Crippen LogP contribution in [-0.2, 0) is 0 Å². The summed E-state index contributed by atoms with van der Waals surface area (Å²) in [6.45, 7) is 1.89. The molecule has 4 nitrogen and oxygen atoms in total. The van der Waals surface area contributed by atoms with Crippen LogP contribution in [0, 0.1) is 12.7 Å². The largest absolute Gasteiger partial charge is 0.397 e. The van der Waals surface area contributed by atoms with Crippen molar-refractivity contribution in [1.82, 2.24) is 4.98 Å². The molecule has 0 aliphatic carbocycles. The first-order valence-corrected chi connectivity index (χ1v) is 5.34. The first-order chi connectivity index (χ1) is 8.56. The Hall–Kier alpha value is -2.43. The summed E-state index contributed by atoms with van der Waals surface area (Å²) in [5, 5.41) is 2.62. The number of nitrogen functional groups attached to an aromatic ring is 1. The second-order valence-corrected chi connectivity index (χ2v) is 3.94. The molecule has 0 saturated heterocycles. The van der Waals surface area contributed by atoms with Crippen LogP contribution in [0.2, 0.25) is 0 Å². The van der Waals surface area contributed by atoms with Gasteiger partial charge in [0.25, 0.3) is 5.91 Å². The molecule has 1 aromatic heterocycles. The van der Waals surface area contributed by atoms with E-state index in [1.165, 1.54) is 6.20 Å². The van der Waals surface area contributed by atoms with Gasteiger partial charge in [0.05, 0.1) is 23.1 Å². The van der Waals surface area contributed by atoms with E-state index in [2.05, 4.69) is 10.3 Å². The number of aromatic nitrogens is 1. The lowest BCUT2D eigenvalue weighted by molar-refractivity contribution is 0.102. The molecule has 1 amide bonds. The number of halogens is 1. The van der Waals surface area contributed by atoms with Crippen molar-refractivity contribution in [2.24, 2.45) is 0 Å². The van der Waals surface area contributed by atoms with Gasteiger partial charge in [-0.1, -0.05) is 6.07 Å². The highest BCUT2D eigenvalue weighted by atomic mass is 19.1. The number of carbonyl (C=O) groups excluding carboxylic acids is 1. The van der Waals surface area contributed by atoms with Crippen LogP contribution in [-0.4, -0.2) is 10.9 Å². The monoisotopic (exact) mass is 245 g/mol. The quantitative estimate of drug-likeness (QED) is 0.798. The fourth-order valence-electron chi connectivity index (χ4n) is 1.51. The van der Waals surface area contributed by atoms with Gasteiger partial charge in [-0.3, -0.25) is 9.78 Å². The zero-order valence-electron chi connectivity index (χ0n) is 9.77. The summed E-state index contributed by atoms with van der Waals surface area (Å²) in [5.74, 6) is -1.00. The van der Waals surface area contributed by atoms with Gasteiger partial charge < -0.3 is 11.1 Å². The average molecular weight is 245 g/mol. The molecule has 5 heteroatoms. The summed E-state index contributed by atoms with van der Waals surface area (Å²) in [5.41, 5.74) is 7.82. The predicted molar refractivity (Wildman–Crippen MR) is 67.7 cm³/mol. The lowest BCUT2D eigenvalue weighted by atomic mass is 10.2. The maximum atomic E-state index is 12.9. The van der Waals surface area contributed by atoms with E-state index in [9.17, 15) is 9.18 Å². The zero-order chi connectivity index (χ0) is 13.1. The molecule has 2 rings (SSSR count). The van der Waals surface area contributed by atoms with E-state index >= 15 is 0 Å². The van der Waals surface area contributed by atoms with Crippen LogP contribution in [0.3, 0.4) is 0 Å². The van der Waals surface area contributed by atoms with E-state index in [0.29, 0.717) is 11.4 Å². The highest BCUT2D eigenvalue weighted by Crippen LogP contribution is 2.20. The van der Waals surface area contributed by atoms with Crippen LogP contribution in [0.15, 0.2) is 36.7 Å². The number of anilines is 2. The average Bonchev–Trinajstić information content (AvgIpc) is 2.34. The van der Waals surface area contributed by atoms with Crippen molar-refractivity contribution in [2.75, 3.05) is 11.1 Å². The van der Waals surface area contributed by atoms with Crippen molar-refractivity contribution >= 4 is 17.3 Å². The third-order valence-corrected chi connectivity index (χ3v) is 2.42. The van der Waals surface area contributed by atoms with Gasteiger partial charge in [0, 0.05) is 6.20 Å². The van der Waals surface area contributed by atoms with Gasteiger partial charge in [0.15, 0.2) is 0 Å². The van der Waals surface area contributed by atoms with E-state index in [-0.39, 0.29) is 5.56 Å². The SMILES string of the molecule is Cc1ccc(N)c(NC(=O)c2cncc(F)c2)c1. The van der Waals surface area contributed by atoms with Crippen LogP contribution in [0.1, 0.15) is 15.9 Å². The maximum Gasteiger partial charge on any atom is 0.257 e. The molecule has 0 unspecified atom stereocenters. The lowest BCUT2D eigenvalue weighted by Crippen LogP contribution is -2.13. The molecule has 18 heavy (non-hydrogen) atoms. The van der Waals surface area contributed by atoms with Gasteiger partial charge in [-0.25, -0.2) is 4.39 Å². The number of nitrogens with two attached hydrogens (primary N) is 1. The number of pyridine rings is 1. The van der Waals surface area contributed by atoms with Gasteiger partial charge in [-0.15, -0.1) is 0 Å². The van der Waals surface area contributed by atoms with Gasteiger partial charge in [-0.2, -0.15) is 0 Å². The predicted octanol–water partition coefficient (Wildman–Crippen LogP) is 2.36. The second kappa shape index (κ2) is 4.83. The minimum absolute atomic E-state index is 0.149. The highest BCUT2D eigenvalue weighted by molar-refractivity contribution is 6.05. The number of carbonyl (C=O) groups is 1. The number of nitrogens with one attached hydrogen (secondary N) is 1. The second-order valence-electron chi connectivity index (χ2n) is 3.94. The third kappa shape index (κ3) is 2.63. The number of amides is 1. The van der Waals surface area contributed by atoms with Crippen LogP contribution in [0.4, 0.5) is 15.8 Å². The van der Waals surface area contributed by atoms with Crippen molar-refractivity contribution < 1.29 is 9.18 Å². The van der Waals surface area contributed by atoms with Crippen LogP contribution >= 0.6 is 0 Å². The summed E-state index contributed by atoms with van der Waals surface area (Å²) in [6, 6.07) is 6.41. The van der Waals surface area contributed by atoms with Gasteiger partial charge in [0.2, 0.25) is 0 Å². The Balaban J connectivity index is 2.24. The van der Waals surface area contributed by atoms with Crippen LogP contribution in [0.25, 0.3) is 0 Å². The molecule has 0 atom stereocenters. The normalized spacial score (nSPS) is 10.1. The molecule has 0 aliphatic heterocycles. The first-order valence-electron chi connectivity index (χ1n) is 5.34. The Labute approximate surface area is 104 Å². The van der Waals surface area contributed by atoms with E-state index in [4.69, 9.17) is 5.73 Å². The van der Waals surface area contributed by atoms with Crippen molar-refractivity contribution in [3.8, 4) is 0 Å². The molecule has 0 saturated carbocycles. The zero-order valence-corrected chi connectivity index (χ0v) is 9.77. The number of benzene rings is 1. The number of hydrogen-bond acceptors (Lipinski definition) is 3. The molecule has 1 heterocycles. The van der Waals surface area contributed by atoms with Crippen molar-refractivity contribution in [3.05, 3.63) is 53.6 Å². The Morgan fingerprint density at radius 1 is 1.33 bits per heavy atom. The summed E-state index contributed by atoms with van der Waals surface area (Å²) in [6.07, 6.45) is 2.34. The molecule has 3 N–H and O–H groups in total. The summed E-state index contributed by atoms with van der Waals surface area (Å²) in [7, 11) is 0. The van der Waals surface area contributed by atoms with E-state index in [0.717, 1.165) is 17.8 Å². The van der Waals surface area contributed by atoms with E-state index in [1.807, 2.05) is 13.0 Å². The highest BCUT2D eigenvalue weighted by Gasteiger charge is 2.09. The molecule has 0 bridgehead atoms. The number of hydrogen-bond donors (Lipinski definition) is 2. The fourth-order valence-corrected chi connectivity index (χ4v) is 1.51. The van der Waals surface area contributed by atoms with E-state index < -0.39 is 11.7 Å². The van der Waals surface area contributed by atoms with Crippen LogP contribution < -0.4 is 11.1 Å². The summed E-state index contributed by atoms with van der Waals surface area (Å²) in [4.78, 5) is 15.5. The summed E-state index contributed by atoms with van der Waals surface area (Å²) < 4.78 is 12.9. The third-order valence-electron chi connectivity index (χ3n) is 2.42. The summed E-state index contributed by atoms with van der Waals surface area (Å²) >= 11 is 0. The van der Waals surface area contributed by atoms with Crippen molar-refractivity contribution in [1.29, 1.82) is 0 Å². The molecular formula is C13H12FN3O. The molecule has 2 aromatic rings. The van der Waals surface area contributed by atoms with Crippen LogP contribution in [0.5, 0.6) is 0 Å². The molecule has 92 valence electrons. The lowest BCUT2D eigenvalue weighted by Gasteiger charge is -2.08. The number of nitrogens with zero attached hydrogens (tertiary/aromatic N) is 1. The minimum atomic E-state index is -0.556. The minimum Gasteiger partial charge on any atom is -0.397 e. The number of aryl methyl sites for hydroxylation is 1. The first kappa shape index (κ1) is 12.0. The molecule has 0 spiro atoms. The molecule has 0 radical (unpaired) electrons. The molecule has 0 fully saturated rings. The molecule has 1 aromatic carbocycles. The van der Waals surface area contributed by atoms with Crippen molar-refractivity contribution in [2.45, 2.75) is 6.92 Å². The smallest absolute Gasteiger partial charge is 0.257 e. The van der Waals surface area contributed by atoms with E-state index in [1.54, 1.807) is 12.1 Å². The maximum absolute atomic E-state index is 12.9. The van der Waals surface area contributed by atoms with Gasteiger partial charge in [0.1, 0.15) is 5.82 Å². The van der Waals surface area contributed by atoms with Crippen molar-refractivity contribution in [3.63, 3.8) is 0 Å². The topological polar surface area (TPSA) is 68.0 Å². The standard InChI is InChI=1S/C13H12FN3O/c1-8-2-3-11(15)12(4-8)17-13(18)9-5-10(14)7-16-6-9/h2-7H,15H2,1H3,(H,17,18).